The second-order valence-electron chi connectivity index (χ2n) is 5.15. The third-order valence-corrected chi connectivity index (χ3v) is 6.07. The van der Waals surface area contributed by atoms with Gasteiger partial charge < -0.3 is 4.52 Å². The fraction of sp³-hybridized carbons (Fsp3) is 0.125. The summed E-state index contributed by atoms with van der Waals surface area (Å²) in [6.07, 6.45) is 1.50. The predicted molar refractivity (Wildman–Crippen MR) is 91.8 cm³/mol. The van der Waals surface area contributed by atoms with Crippen molar-refractivity contribution in [2.24, 2.45) is 0 Å². The summed E-state index contributed by atoms with van der Waals surface area (Å²) in [5.41, 5.74) is 0.786. The lowest BCUT2D eigenvalue weighted by atomic mass is 10.1. The van der Waals surface area contributed by atoms with Crippen molar-refractivity contribution in [1.29, 1.82) is 0 Å². The Labute approximate surface area is 143 Å². The Hall–Kier alpha value is -2.45. The number of hydrogen-bond acceptors (Lipinski definition) is 6. The van der Waals surface area contributed by atoms with Crippen molar-refractivity contribution in [2.75, 3.05) is 4.72 Å². The van der Waals surface area contributed by atoms with E-state index in [1.165, 1.54) is 30.5 Å². The molecule has 0 aliphatic carbocycles. The van der Waals surface area contributed by atoms with E-state index in [4.69, 9.17) is 4.52 Å². The lowest BCUT2D eigenvalue weighted by Crippen LogP contribution is -2.13. The summed E-state index contributed by atoms with van der Waals surface area (Å²) in [4.78, 5) is 12.9. The van der Waals surface area contributed by atoms with Crippen LogP contribution in [0.25, 0.3) is 10.6 Å². The van der Waals surface area contributed by atoms with Crippen LogP contribution in [-0.4, -0.2) is 19.4 Å². The molecule has 3 rings (SSSR count). The third kappa shape index (κ3) is 3.24. The van der Waals surface area contributed by atoms with Crippen LogP contribution in [0.5, 0.6) is 0 Å². The molecule has 6 nitrogen and oxygen atoms in total. The first kappa shape index (κ1) is 16.4. The number of carbonyl (C=O) groups is 1. The molecule has 0 spiro atoms. The Morgan fingerprint density at radius 1 is 1.25 bits per heavy atom. The van der Waals surface area contributed by atoms with E-state index in [-0.39, 0.29) is 10.7 Å². The number of sulfonamides is 1. The third-order valence-electron chi connectivity index (χ3n) is 3.36. The van der Waals surface area contributed by atoms with Crippen LogP contribution < -0.4 is 4.72 Å². The molecular formula is C16H14N2O4S2. The minimum absolute atomic E-state index is 0.129. The molecule has 0 saturated carbocycles. The molecule has 0 amide bonds. The number of anilines is 1. The number of rotatable bonds is 5. The second kappa shape index (κ2) is 6.21. The number of nitrogens with one attached hydrogen (secondary N) is 1. The largest absolute Gasteiger partial charge is 0.355 e. The molecule has 1 N–H and O–H groups in total. The number of thiophene rings is 1. The van der Waals surface area contributed by atoms with Gasteiger partial charge in [-0.15, -0.1) is 11.3 Å². The van der Waals surface area contributed by atoms with E-state index in [9.17, 15) is 13.2 Å². The molecule has 2 aromatic heterocycles. The first-order chi connectivity index (χ1) is 11.4. The van der Waals surface area contributed by atoms with Crippen molar-refractivity contribution in [3.63, 3.8) is 0 Å². The summed E-state index contributed by atoms with van der Waals surface area (Å²) < 4.78 is 32.9. The van der Waals surface area contributed by atoms with Gasteiger partial charge >= 0.3 is 0 Å². The highest BCUT2D eigenvalue weighted by molar-refractivity contribution is 7.93. The maximum atomic E-state index is 12.7. The van der Waals surface area contributed by atoms with Crippen molar-refractivity contribution in [3.8, 4) is 10.6 Å². The molecule has 0 aliphatic rings. The van der Waals surface area contributed by atoms with E-state index in [0.717, 1.165) is 0 Å². The van der Waals surface area contributed by atoms with Gasteiger partial charge in [0.25, 0.3) is 10.0 Å². The number of ketones is 1. The van der Waals surface area contributed by atoms with Gasteiger partial charge in [0.05, 0.1) is 11.1 Å². The standard InChI is InChI=1S/C16H14N2O4S2/c1-10(19)12-4-3-5-13(8-12)18-24(20,21)16-9-15(23-11(16)2)14-6-7-17-22-14/h3-9,18H,1-2H3. The minimum Gasteiger partial charge on any atom is -0.355 e. The number of carbonyl (C=O) groups excluding carboxylic acids is 1. The summed E-state index contributed by atoms with van der Waals surface area (Å²) in [5.74, 6) is 0.387. The first-order valence-electron chi connectivity index (χ1n) is 7.02. The Bertz CT molecular complexity index is 989. The van der Waals surface area contributed by atoms with Gasteiger partial charge in [-0.25, -0.2) is 8.42 Å². The summed E-state index contributed by atoms with van der Waals surface area (Å²) in [6, 6.07) is 9.61. The smallest absolute Gasteiger partial charge is 0.263 e. The summed E-state index contributed by atoms with van der Waals surface area (Å²) in [6.45, 7) is 3.16. The van der Waals surface area contributed by atoms with Crippen LogP contribution in [0, 0.1) is 6.92 Å². The fourth-order valence-electron chi connectivity index (χ4n) is 2.21. The average molecular weight is 362 g/mol. The van der Waals surface area contributed by atoms with Gasteiger partial charge in [0.2, 0.25) is 0 Å². The van der Waals surface area contributed by atoms with E-state index in [1.807, 2.05) is 0 Å². The van der Waals surface area contributed by atoms with Crippen LogP contribution in [0.4, 0.5) is 5.69 Å². The molecule has 3 aromatic rings. The van der Waals surface area contributed by atoms with E-state index < -0.39 is 10.0 Å². The Balaban J connectivity index is 1.94. The summed E-state index contributed by atoms with van der Waals surface area (Å²) in [5, 5.41) is 3.63. The van der Waals surface area contributed by atoms with E-state index in [1.54, 1.807) is 37.3 Å². The van der Waals surface area contributed by atoms with Crippen molar-refractivity contribution in [1.82, 2.24) is 5.16 Å². The van der Waals surface area contributed by atoms with E-state index >= 15 is 0 Å². The van der Waals surface area contributed by atoms with Gasteiger partial charge in [-0.05, 0) is 32.0 Å². The number of benzene rings is 1. The molecule has 0 fully saturated rings. The van der Waals surface area contributed by atoms with Crippen molar-refractivity contribution in [3.05, 3.63) is 53.0 Å². The SMILES string of the molecule is CC(=O)c1cccc(NS(=O)(=O)c2cc(-c3ccno3)sc2C)c1. The van der Waals surface area contributed by atoms with Gasteiger partial charge in [-0.1, -0.05) is 17.3 Å². The highest BCUT2D eigenvalue weighted by Crippen LogP contribution is 2.34. The Kier molecular flexibility index (Phi) is 4.25. The minimum atomic E-state index is -3.77. The zero-order chi connectivity index (χ0) is 17.3. The van der Waals surface area contributed by atoms with Gasteiger partial charge in [0, 0.05) is 22.2 Å². The normalized spacial score (nSPS) is 11.4. The van der Waals surface area contributed by atoms with Crippen molar-refractivity contribution >= 4 is 32.8 Å². The van der Waals surface area contributed by atoms with Crippen molar-refractivity contribution < 1.29 is 17.7 Å². The molecule has 1 aromatic carbocycles. The molecule has 0 unspecified atom stereocenters. The predicted octanol–water partition coefficient (Wildman–Crippen LogP) is 3.71. The highest BCUT2D eigenvalue weighted by Gasteiger charge is 2.22. The van der Waals surface area contributed by atoms with E-state index in [0.29, 0.717) is 26.8 Å². The zero-order valence-corrected chi connectivity index (χ0v) is 14.6. The number of hydrogen-bond donors (Lipinski definition) is 1. The van der Waals surface area contributed by atoms with Crippen LogP contribution in [-0.2, 0) is 10.0 Å². The summed E-state index contributed by atoms with van der Waals surface area (Å²) in [7, 11) is -3.77. The molecule has 0 atom stereocenters. The van der Waals surface area contributed by atoms with Crippen LogP contribution >= 0.6 is 11.3 Å². The highest BCUT2D eigenvalue weighted by atomic mass is 32.2. The lowest BCUT2D eigenvalue weighted by Gasteiger charge is -2.08. The van der Waals surface area contributed by atoms with Gasteiger partial charge in [-0.3, -0.25) is 9.52 Å². The number of Topliss-reactive ketones (excluding diaryl/α,β-unsaturated/α-hetero) is 1. The van der Waals surface area contributed by atoms with Crippen LogP contribution in [0.1, 0.15) is 22.2 Å². The van der Waals surface area contributed by atoms with E-state index in [2.05, 4.69) is 9.88 Å². The average Bonchev–Trinajstić information content (AvgIpc) is 3.16. The topological polar surface area (TPSA) is 89.3 Å². The summed E-state index contributed by atoms with van der Waals surface area (Å²) >= 11 is 1.31. The maximum absolute atomic E-state index is 12.7. The molecule has 0 bridgehead atoms. The molecule has 0 saturated heterocycles. The quantitative estimate of drug-likeness (QED) is 0.699. The molecule has 124 valence electrons. The Morgan fingerprint density at radius 2 is 2.04 bits per heavy atom. The molecular weight excluding hydrogens is 348 g/mol. The van der Waals surface area contributed by atoms with Crippen LogP contribution in [0.15, 0.2) is 52.0 Å². The zero-order valence-electron chi connectivity index (χ0n) is 12.9. The second-order valence-corrected chi connectivity index (χ2v) is 8.06. The van der Waals surface area contributed by atoms with Gasteiger partial charge in [-0.2, -0.15) is 0 Å². The van der Waals surface area contributed by atoms with Crippen molar-refractivity contribution in [2.45, 2.75) is 18.7 Å². The monoisotopic (exact) mass is 362 g/mol. The lowest BCUT2D eigenvalue weighted by molar-refractivity contribution is 0.101. The number of aryl methyl sites for hydroxylation is 1. The maximum Gasteiger partial charge on any atom is 0.263 e. The van der Waals surface area contributed by atoms with Crippen LogP contribution in [0.3, 0.4) is 0 Å². The first-order valence-corrected chi connectivity index (χ1v) is 9.32. The molecule has 8 heteroatoms. The number of aromatic nitrogens is 1. The Morgan fingerprint density at radius 3 is 2.71 bits per heavy atom. The molecule has 0 aliphatic heterocycles. The van der Waals surface area contributed by atoms with Crippen LogP contribution in [0.2, 0.25) is 0 Å². The number of nitrogens with zero attached hydrogens (tertiary/aromatic N) is 1. The molecule has 2 heterocycles. The fourth-order valence-corrected chi connectivity index (χ4v) is 4.81. The van der Waals surface area contributed by atoms with Gasteiger partial charge in [0.15, 0.2) is 11.5 Å². The van der Waals surface area contributed by atoms with Gasteiger partial charge in [0.1, 0.15) is 4.90 Å². The molecule has 0 radical (unpaired) electrons. The molecule has 24 heavy (non-hydrogen) atoms.